The fraction of sp³-hybridized carbons (Fsp3) is 0.550. The summed E-state index contributed by atoms with van der Waals surface area (Å²) in [4.78, 5) is 43.1. The van der Waals surface area contributed by atoms with Crippen molar-refractivity contribution in [3.05, 3.63) is 34.3 Å². The minimum atomic E-state index is -0.256. The number of amides is 3. The summed E-state index contributed by atoms with van der Waals surface area (Å²) >= 11 is 3.38. The summed E-state index contributed by atoms with van der Waals surface area (Å²) in [5.74, 6) is -0.151. The van der Waals surface area contributed by atoms with Crippen LogP contribution in [0.5, 0.6) is 0 Å². The van der Waals surface area contributed by atoms with Crippen molar-refractivity contribution in [2.75, 3.05) is 32.7 Å². The average Bonchev–Trinajstić information content (AvgIpc) is 2.88. The van der Waals surface area contributed by atoms with Gasteiger partial charge < -0.3 is 14.7 Å². The highest BCUT2D eigenvalue weighted by atomic mass is 79.9. The van der Waals surface area contributed by atoms with Gasteiger partial charge in [0.1, 0.15) is 0 Å². The zero-order valence-electron chi connectivity index (χ0n) is 15.9. The van der Waals surface area contributed by atoms with Gasteiger partial charge in [-0.1, -0.05) is 15.9 Å². The minimum absolute atomic E-state index is 0.00109. The Hall–Kier alpha value is -1.89. The third kappa shape index (κ3) is 4.51. The van der Waals surface area contributed by atoms with Crippen molar-refractivity contribution in [1.29, 1.82) is 0 Å². The predicted octanol–water partition coefficient (Wildman–Crippen LogP) is 2.38. The van der Waals surface area contributed by atoms with E-state index in [1.54, 1.807) is 4.90 Å². The van der Waals surface area contributed by atoms with Gasteiger partial charge in [-0.15, -0.1) is 0 Å². The smallest absolute Gasteiger partial charge is 0.253 e. The first kappa shape index (κ1) is 19.9. The molecule has 146 valence electrons. The van der Waals surface area contributed by atoms with E-state index in [2.05, 4.69) is 15.9 Å². The molecule has 1 aromatic rings. The summed E-state index contributed by atoms with van der Waals surface area (Å²) in [5.41, 5.74) is 0.659. The monoisotopic (exact) mass is 435 g/mol. The third-order valence-electron chi connectivity index (χ3n) is 5.32. The molecule has 0 saturated carbocycles. The molecule has 0 aliphatic carbocycles. The van der Waals surface area contributed by atoms with E-state index in [0.717, 1.165) is 10.9 Å². The van der Waals surface area contributed by atoms with Gasteiger partial charge in [0, 0.05) is 55.2 Å². The molecular formula is C20H26BrN3O3. The van der Waals surface area contributed by atoms with Crippen LogP contribution in [0.4, 0.5) is 0 Å². The van der Waals surface area contributed by atoms with Gasteiger partial charge in [0.2, 0.25) is 11.8 Å². The summed E-state index contributed by atoms with van der Waals surface area (Å²) in [6, 6.07) is 7.46. The van der Waals surface area contributed by atoms with E-state index in [4.69, 9.17) is 0 Å². The van der Waals surface area contributed by atoms with Gasteiger partial charge in [0.25, 0.3) is 5.91 Å². The first-order valence-corrected chi connectivity index (χ1v) is 10.3. The van der Waals surface area contributed by atoms with Crippen LogP contribution in [0.15, 0.2) is 28.7 Å². The van der Waals surface area contributed by atoms with Crippen LogP contribution < -0.4 is 0 Å². The maximum atomic E-state index is 12.9. The van der Waals surface area contributed by atoms with E-state index in [-0.39, 0.29) is 29.7 Å². The molecule has 7 heteroatoms. The molecule has 0 bridgehead atoms. The predicted molar refractivity (Wildman–Crippen MR) is 106 cm³/mol. The number of rotatable bonds is 3. The average molecular weight is 436 g/mol. The summed E-state index contributed by atoms with van der Waals surface area (Å²) < 4.78 is 0.938. The summed E-state index contributed by atoms with van der Waals surface area (Å²) in [5, 5.41) is 0. The second kappa shape index (κ2) is 8.42. The van der Waals surface area contributed by atoms with Crippen LogP contribution in [0.2, 0.25) is 0 Å². The number of halogens is 1. The van der Waals surface area contributed by atoms with Crippen molar-refractivity contribution >= 4 is 33.7 Å². The Labute approximate surface area is 168 Å². The Balaban J connectivity index is 1.60. The number of carbonyl (C=O) groups excluding carboxylic acids is 3. The van der Waals surface area contributed by atoms with E-state index >= 15 is 0 Å². The zero-order valence-corrected chi connectivity index (χ0v) is 17.4. The molecule has 2 aliphatic heterocycles. The van der Waals surface area contributed by atoms with Crippen LogP contribution in [0.25, 0.3) is 0 Å². The standard InChI is InChI=1S/C20H26BrN3O3/c1-14(2)24-13-16(12-18(24)25)20(27)23-9-3-8-22(10-11-23)19(26)15-4-6-17(21)7-5-15/h4-7,14,16H,3,8-13H2,1-2H3. The Morgan fingerprint density at radius 1 is 1.04 bits per heavy atom. The number of carbonyl (C=O) groups is 3. The molecule has 0 radical (unpaired) electrons. The van der Waals surface area contributed by atoms with Crippen molar-refractivity contribution in [3.8, 4) is 0 Å². The Bertz CT molecular complexity index is 720. The SMILES string of the molecule is CC(C)N1CC(C(=O)N2CCCN(C(=O)c3ccc(Br)cc3)CC2)CC1=O. The highest BCUT2D eigenvalue weighted by molar-refractivity contribution is 9.10. The van der Waals surface area contributed by atoms with Gasteiger partial charge in [-0.05, 0) is 44.5 Å². The first-order valence-electron chi connectivity index (χ1n) is 9.50. The van der Waals surface area contributed by atoms with E-state index in [0.29, 0.717) is 44.7 Å². The Morgan fingerprint density at radius 2 is 1.67 bits per heavy atom. The number of hydrogen-bond acceptors (Lipinski definition) is 3. The van der Waals surface area contributed by atoms with Gasteiger partial charge in [-0.2, -0.15) is 0 Å². The van der Waals surface area contributed by atoms with E-state index in [1.807, 2.05) is 47.9 Å². The molecule has 3 amide bonds. The fourth-order valence-electron chi connectivity index (χ4n) is 3.77. The molecule has 0 aromatic heterocycles. The largest absolute Gasteiger partial charge is 0.341 e. The molecule has 1 unspecified atom stereocenters. The number of nitrogens with zero attached hydrogens (tertiary/aromatic N) is 3. The highest BCUT2D eigenvalue weighted by Crippen LogP contribution is 2.23. The molecule has 0 N–H and O–H groups in total. The van der Waals surface area contributed by atoms with Gasteiger partial charge in [0.05, 0.1) is 5.92 Å². The Kier molecular flexibility index (Phi) is 6.19. The number of benzene rings is 1. The van der Waals surface area contributed by atoms with Crippen LogP contribution in [-0.4, -0.2) is 71.2 Å². The van der Waals surface area contributed by atoms with E-state index in [1.165, 1.54) is 0 Å². The molecule has 2 heterocycles. The Morgan fingerprint density at radius 3 is 2.30 bits per heavy atom. The van der Waals surface area contributed by atoms with Crippen molar-refractivity contribution in [1.82, 2.24) is 14.7 Å². The van der Waals surface area contributed by atoms with Gasteiger partial charge in [-0.3, -0.25) is 14.4 Å². The molecule has 1 aromatic carbocycles. The summed E-state index contributed by atoms with van der Waals surface area (Å²) in [6.45, 7) is 6.77. The van der Waals surface area contributed by atoms with E-state index in [9.17, 15) is 14.4 Å². The maximum absolute atomic E-state index is 12.9. The lowest BCUT2D eigenvalue weighted by Crippen LogP contribution is -2.41. The first-order chi connectivity index (χ1) is 12.9. The molecule has 27 heavy (non-hydrogen) atoms. The fourth-order valence-corrected chi connectivity index (χ4v) is 4.03. The van der Waals surface area contributed by atoms with Crippen LogP contribution in [0.1, 0.15) is 37.0 Å². The molecule has 2 fully saturated rings. The molecular weight excluding hydrogens is 410 g/mol. The van der Waals surface area contributed by atoms with Crippen molar-refractivity contribution < 1.29 is 14.4 Å². The van der Waals surface area contributed by atoms with Crippen LogP contribution >= 0.6 is 15.9 Å². The molecule has 1 atom stereocenters. The number of likely N-dealkylation sites (tertiary alicyclic amines) is 1. The highest BCUT2D eigenvalue weighted by Gasteiger charge is 2.37. The lowest BCUT2D eigenvalue weighted by molar-refractivity contribution is -0.135. The topological polar surface area (TPSA) is 60.9 Å². The lowest BCUT2D eigenvalue weighted by atomic mass is 10.1. The van der Waals surface area contributed by atoms with Crippen LogP contribution in [0, 0.1) is 5.92 Å². The van der Waals surface area contributed by atoms with Crippen molar-refractivity contribution in [2.24, 2.45) is 5.92 Å². The molecule has 2 saturated heterocycles. The van der Waals surface area contributed by atoms with Crippen LogP contribution in [0.3, 0.4) is 0 Å². The van der Waals surface area contributed by atoms with Gasteiger partial charge >= 0.3 is 0 Å². The molecule has 2 aliphatic rings. The van der Waals surface area contributed by atoms with Gasteiger partial charge in [-0.25, -0.2) is 0 Å². The third-order valence-corrected chi connectivity index (χ3v) is 5.85. The number of hydrogen-bond donors (Lipinski definition) is 0. The molecule has 0 spiro atoms. The summed E-state index contributed by atoms with van der Waals surface area (Å²) in [7, 11) is 0. The van der Waals surface area contributed by atoms with Crippen LogP contribution in [-0.2, 0) is 9.59 Å². The summed E-state index contributed by atoms with van der Waals surface area (Å²) in [6.07, 6.45) is 1.05. The van der Waals surface area contributed by atoms with Crippen molar-refractivity contribution in [3.63, 3.8) is 0 Å². The zero-order chi connectivity index (χ0) is 19.6. The lowest BCUT2D eigenvalue weighted by Gasteiger charge is -2.25. The quantitative estimate of drug-likeness (QED) is 0.731. The van der Waals surface area contributed by atoms with Gasteiger partial charge in [0.15, 0.2) is 0 Å². The molecule has 3 rings (SSSR count). The normalized spacial score (nSPS) is 21.0. The maximum Gasteiger partial charge on any atom is 0.253 e. The van der Waals surface area contributed by atoms with Crippen molar-refractivity contribution in [2.45, 2.75) is 32.7 Å². The van der Waals surface area contributed by atoms with E-state index < -0.39 is 0 Å². The molecule has 6 nitrogen and oxygen atoms in total. The second-order valence-electron chi connectivity index (χ2n) is 7.52. The minimum Gasteiger partial charge on any atom is -0.341 e. The second-order valence-corrected chi connectivity index (χ2v) is 8.43.